The van der Waals surface area contributed by atoms with Crippen molar-refractivity contribution in [1.29, 1.82) is 0 Å². The molecule has 0 saturated heterocycles. The lowest BCUT2D eigenvalue weighted by atomic mass is 9.91. The predicted molar refractivity (Wildman–Crippen MR) is 69.8 cm³/mol. The summed E-state index contributed by atoms with van der Waals surface area (Å²) in [6.45, 7) is 1.84. The van der Waals surface area contributed by atoms with Crippen molar-refractivity contribution in [1.82, 2.24) is 4.72 Å². The number of hydrogen-bond donors (Lipinski definition) is 2. The molecule has 5 nitrogen and oxygen atoms in total. The van der Waals surface area contributed by atoms with Crippen LogP contribution in [0.5, 0.6) is 0 Å². The Morgan fingerprint density at radius 3 is 2.44 bits per heavy atom. The maximum Gasteiger partial charge on any atom is 0.321 e. The van der Waals surface area contributed by atoms with E-state index in [-0.39, 0.29) is 11.7 Å². The molecule has 0 bridgehead atoms. The quantitative estimate of drug-likeness (QED) is 0.742. The van der Waals surface area contributed by atoms with Crippen LogP contribution < -0.4 is 4.72 Å². The molecular weight excluding hydrogens is 254 g/mol. The number of carboxylic acids is 1. The summed E-state index contributed by atoms with van der Waals surface area (Å²) in [6, 6.07) is -0.983. The molecule has 0 aromatic carbocycles. The summed E-state index contributed by atoms with van der Waals surface area (Å²) in [5.41, 5.74) is 0. The minimum Gasteiger partial charge on any atom is -0.480 e. The number of carbonyl (C=O) groups is 1. The molecule has 1 aliphatic rings. The van der Waals surface area contributed by atoms with E-state index >= 15 is 0 Å². The standard InChI is InChI=1S/C12H23NO4S/c1-2-6-11(12(14)15)13-18(16,17)9-10-7-4-3-5-8-10/h10-11,13H,2-9H2,1H3,(H,14,15)/t11-/m1/s1. The molecule has 0 aromatic rings. The van der Waals surface area contributed by atoms with Gasteiger partial charge in [0.2, 0.25) is 10.0 Å². The largest absolute Gasteiger partial charge is 0.480 e. The second-order valence-electron chi connectivity index (χ2n) is 5.08. The summed E-state index contributed by atoms with van der Waals surface area (Å²) in [7, 11) is -3.48. The van der Waals surface area contributed by atoms with E-state index in [0.29, 0.717) is 12.8 Å². The normalized spacial score (nSPS) is 19.6. The van der Waals surface area contributed by atoms with Crippen LogP contribution in [0.4, 0.5) is 0 Å². The smallest absolute Gasteiger partial charge is 0.321 e. The lowest BCUT2D eigenvalue weighted by Gasteiger charge is -2.22. The SMILES string of the molecule is CCC[C@@H](NS(=O)(=O)CC1CCCCC1)C(=O)O. The van der Waals surface area contributed by atoms with Crippen LogP contribution in [-0.2, 0) is 14.8 Å². The van der Waals surface area contributed by atoms with E-state index < -0.39 is 22.0 Å². The van der Waals surface area contributed by atoms with Gasteiger partial charge in [-0.3, -0.25) is 4.79 Å². The summed E-state index contributed by atoms with van der Waals surface area (Å²) in [6.07, 6.45) is 6.19. The summed E-state index contributed by atoms with van der Waals surface area (Å²) in [5, 5.41) is 8.95. The molecule has 1 saturated carbocycles. The molecule has 0 unspecified atom stereocenters. The number of nitrogens with one attached hydrogen (secondary N) is 1. The van der Waals surface area contributed by atoms with Crippen LogP contribution in [0.25, 0.3) is 0 Å². The molecule has 0 aromatic heterocycles. The first-order chi connectivity index (χ1) is 8.44. The molecule has 1 aliphatic carbocycles. The van der Waals surface area contributed by atoms with Crippen LogP contribution >= 0.6 is 0 Å². The van der Waals surface area contributed by atoms with E-state index in [2.05, 4.69) is 4.72 Å². The van der Waals surface area contributed by atoms with Crippen molar-refractivity contribution in [2.24, 2.45) is 5.92 Å². The Morgan fingerprint density at radius 1 is 1.33 bits per heavy atom. The Labute approximate surface area is 109 Å². The highest BCUT2D eigenvalue weighted by Crippen LogP contribution is 2.24. The molecule has 0 amide bonds. The highest BCUT2D eigenvalue weighted by atomic mass is 32.2. The van der Waals surface area contributed by atoms with E-state index in [1.807, 2.05) is 6.92 Å². The Hall–Kier alpha value is -0.620. The number of aliphatic carboxylic acids is 1. The average Bonchev–Trinajstić information content (AvgIpc) is 2.28. The molecule has 2 N–H and O–H groups in total. The van der Waals surface area contributed by atoms with E-state index in [0.717, 1.165) is 25.7 Å². The van der Waals surface area contributed by atoms with Crippen molar-refractivity contribution in [2.45, 2.75) is 57.9 Å². The fraction of sp³-hybridized carbons (Fsp3) is 0.917. The second-order valence-corrected chi connectivity index (χ2v) is 6.88. The van der Waals surface area contributed by atoms with Crippen LogP contribution in [0, 0.1) is 5.92 Å². The van der Waals surface area contributed by atoms with E-state index in [4.69, 9.17) is 5.11 Å². The van der Waals surface area contributed by atoms with E-state index in [9.17, 15) is 13.2 Å². The monoisotopic (exact) mass is 277 g/mol. The first-order valence-corrected chi connectivity index (χ1v) is 8.32. The van der Waals surface area contributed by atoms with Crippen LogP contribution in [0.3, 0.4) is 0 Å². The maximum absolute atomic E-state index is 11.9. The minimum atomic E-state index is -3.48. The van der Waals surface area contributed by atoms with Gasteiger partial charge in [0.1, 0.15) is 6.04 Å². The molecule has 0 spiro atoms. The van der Waals surface area contributed by atoms with Crippen molar-refractivity contribution in [3.05, 3.63) is 0 Å². The molecule has 1 atom stereocenters. The fourth-order valence-electron chi connectivity index (χ4n) is 2.45. The Bertz CT molecular complexity index is 360. The zero-order valence-electron chi connectivity index (χ0n) is 10.9. The Morgan fingerprint density at radius 2 is 1.94 bits per heavy atom. The average molecular weight is 277 g/mol. The van der Waals surface area contributed by atoms with Gasteiger partial charge in [-0.05, 0) is 25.2 Å². The molecule has 0 heterocycles. The van der Waals surface area contributed by atoms with Crippen LogP contribution in [0.15, 0.2) is 0 Å². The van der Waals surface area contributed by atoms with Gasteiger partial charge in [0.15, 0.2) is 0 Å². The highest BCUT2D eigenvalue weighted by Gasteiger charge is 2.26. The van der Waals surface area contributed by atoms with Gasteiger partial charge in [-0.15, -0.1) is 0 Å². The molecule has 0 aliphatic heterocycles. The van der Waals surface area contributed by atoms with Gasteiger partial charge in [-0.1, -0.05) is 32.6 Å². The van der Waals surface area contributed by atoms with E-state index in [1.165, 1.54) is 6.42 Å². The van der Waals surface area contributed by atoms with Crippen molar-refractivity contribution >= 4 is 16.0 Å². The summed E-state index contributed by atoms with van der Waals surface area (Å²) in [4.78, 5) is 10.9. The van der Waals surface area contributed by atoms with Gasteiger partial charge in [-0.2, -0.15) is 0 Å². The summed E-state index contributed by atoms with van der Waals surface area (Å²) < 4.78 is 26.1. The Balaban J connectivity index is 2.53. The van der Waals surface area contributed by atoms with Gasteiger partial charge in [0.05, 0.1) is 5.75 Å². The number of hydrogen-bond acceptors (Lipinski definition) is 3. The zero-order chi connectivity index (χ0) is 13.6. The van der Waals surface area contributed by atoms with Crippen molar-refractivity contribution in [3.8, 4) is 0 Å². The van der Waals surface area contributed by atoms with Gasteiger partial charge in [0, 0.05) is 0 Å². The third kappa shape index (κ3) is 5.35. The topological polar surface area (TPSA) is 83.5 Å². The van der Waals surface area contributed by atoms with Crippen LogP contribution in [0.1, 0.15) is 51.9 Å². The molecule has 1 rings (SSSR count). The minimum absolute atomic E-state index is 0.0699. The zero-order valence-corrected chi connectivity index (χ0v) is 11.7. The third-order valence-corrected chi connectivity index (χ3v) is 4.93. The third-order valence-electron chi connectivity index (χ3n) is 3.38. The second kappa shape index (κ2) is 7.09. The maximum atomic E-state index is 11.9. The molecular formula is C12H23NO4S. The highest BCUT2D eigenvalue weighted by molar-refractivity contribution is 7.89. The predicted octanol–water partition coefficient (Wildman–Crippen LogP) is 1.74. The molecule has 1 fully saturated rings. The van der Waals surface area contributed by atoms with Gasteiger partial charge < -0.3 is 5.11 Å². The van der Waals surface area contributed by atoms with Crippen molar-refractivity contribution < 1.29 is 18.3 Å². The lowest BCUT2D eigenvalue weighted by Crippen LogP contribution is -2.42. The van der Waals surface area contributed by atoms with Crippen molar-refractivity contribution in [2.75, 3.05) is 5.75 Å². The fourth-order valence-corrected chi connectivity index (χ4v) is 4.15. The summed E-state index contributed by atoms with van der Waals surface area (Å²) >= 11 is 0. The number of rotatable bonds is 7. The van der Waals surface area contributed by atoms with Crippen LogP contribution in [-0.4, -0.2) is 31.3 Å². The lowest BCUT2D eigenvalue weighted by molar-refractivity contribution is -0.139. The molecule has 0 radical (unpaired) electrons. The molecule has 106 valence electrons. The molecule has 18 heavy (non-hydrogen) atoms. The van der Waals surface area contributed by atoms with Crippen molar-refractivity contribution in [3.63, 3.8) is 0 Å². The first kappa shape index (κ1) is 15.4. The van der Waals surface area contributed by atoms with Gasteiger partial charge >= 0.3 is 5.97 Å². The van der Waals surface area contributed by atoms with E-state index in [1.54, 1.807) is 0 Å². The molecule has 6 heteroatoms. The summed E-state index contributed by atoms with van der Waals surface area (Å²) in [5.74, 6) is -0.836. The number of carboxylic acid groups (broad SMARTS) is 1. The van der Waals surface area contributed by atoms with Gasteiger partial charge in [-0.25, -0.2) is 13.1 Å². The first-order valence-electron chi connectivity index (χ1n) is 6.67. The van der Waals surface area contributed by atoms with Gasteiger partial charge in [0.25, 0.3) is 0 Å². The number of sulfonamides is 1. The Kier molecular flexibility index (Phi) is 6.08. The van der Waals surface area contributed by atoms with Crippen LogP contribution in [0.2, 0.25) is 0 Å².